The summed E-state index contributed by atoms with van der Waals surface area (Å²) in [5.41, 5.74) is 1.34. The number of carbonyl (C=O) groups is 1. The Hall–Kier alpha value is -1.39. The summed E-state index contributed by atoms with van der Waals surface area (Å²) in [5.74, 6) is 2.01. The lowest BCUT2D eigenvalue weighted by Crippen LogP contribution is -2.48. The SMILES string of the molecule is O=C(NCC1CN(Cc2ccccc2)CCO1)C1CC2CCC1C2. The zero-order chi connectivity index (χ0) is 16.4. The van der Waals surface area contributed by atoms with Crippen molar-refractivity contribution in [2.45, 2.75) is 38.3 Å². The van der Waals surface area contributed by atoms with Gasteiger partial charge in [0.15, 0.2) is 0 Å². The van der Waals surface area contributed by atoms with Gasteiger partial charge in [-0.3, -0.25) is 9.69 Å². The molecule has 2 bridgehead atoms. The Morgan fingerprint density at radius 2 is 2.08 bits per heavy atom. The molecule has 3 fully saturated rings. The number of amides is 1. The van der Waals surface area contributed by atoms with Crippen LogP contribution in [0.4, 0.5) is 0 Å². The van der Waals surface area contributed by atoms with Crippen molar-refractivity contribution in [3.63, 3.8) is 0 Å². The maximum atomic E-state index is 12.5. The fraction of sp³-hybridized carbons (Fsp3) is 0.650. The van der Waals surface area contributed by atoms with Gasteiger partial charge in [0.25, 0.3) is 0 Å². The molecule has 1 aromatic rings. The molecule has 3 aliphatic rings. The van der Waals surface area contributed by atoms with Crippen LogP contribution in [0.3, 0.4) is 0 Å². The van der Waals surface area contributed by atoms with Crippen molar-refractivity contribution in [1.82, 2.24) is 10.2 Å². The zero-order valence-electron chi connectivity index (χ0n) is 14.3. The first-order valence-electron chi connectivity index (χ1n) is 9.43. The molecular formula is C20H28N2O2. The predicted molar refractivity (Wildman–Crippen MR) is 93.4 cm³/mol. The molecule has 4 nitrogen and oxygen atoms in total. The molecular weight excluding hydrogens is 300 g/mol. The van der Waals surface area contributed by atoms with Crippen LogP contribution in [-0.2, 0) is 16.1 Å². The number of benzene rings is 1. The summed E-state index contributed by atoms with van der Waals surface area (Å²) in [6.45, 7) is 4.22. The molecule has 0 radical (unpaired) electrons. The first-order valence-corrected chi connectivity index (χ1v) is 9.43. The van der Waals surface area contributed by atoms with Crippen molar-refractivity contribution in [2.24, 2.45) is 17.8 Å². The van der Waals surface area contributed by atoms with Gasteiger partial charge in [0.2, 0.25) is 5.91 Å². The van der Waals surface area contributed by atoms with E-state index in [1.807, 2.05) is 0 Å². The number of nitrogens with one attached hydrogen (secondary N) is 1. The highest BCUT2D eigenvalue weighted by molar-refractivity contribution is 5.79. The minimum absolute atomic E-state index is 0.116. The lowest BCUT2D eigenvalue weighted by atomic mass is 9.88. The number of hydrogen-bond donors (Lipinski definition) is 1. The smallest absolute Gasteiger partial charge is 0.223 e. The van der Waals surface area contributed by atoms with Crippen LogP contribution in [0, 0.1) is 17.8 Å². The number of fused-ring (bicyclic) bond motifs is 2. The van der Waals surface area contributed by atoms with Crippen LogP contribution in [0.15, 0.2) is 30.3 Å². The van der Waals surface area contributed by atoms with E-state index in [-0.39, 0.29) is 17.9 Å². The van der Waals surface area contributed by atoms with Crippen LogP contribution in [0.5, 0.6) is 0 Å². The van der Waals surface area contributed by atoms with E-state index in [0.29, 0.717) is 12.5 Å². The van der Waals surface area contributed by atoms with E-state index in [4.69, 9.17) is 4.74 Å². The van der Waals surface area contributed by atoms with Crippen LogP contribution in [0.2, 0.25) is 0 Å². The highest BCUT2D eigenvalue weighted by atomic mass is 16.5. The highest BCUT2D eigenvalue weighted by Gasteiger charge is 2.43. The fourth-order valence-electron chi connectivity index (χ4n) is 4.80. The van der Waals surface area contributed by atoms with Gasteiger partial charge in [0, 0.05) is 32.1 Å². The first kappa shape index (κ1) is 16.1. The standard InChI is InChI=1S/C20H28N2O2/c23-20(19-11-16-6-7-17(19)10-16)21-12-18-14-22(8-9-24-18)13-15-4-2-1-3-5-15/h1-5,16-19H,6-14H2,(H,21,23). The second-order valence-electron chi connectivity index (χ2n) is 7.74. The molecule has 0 aromatic heterocycles. The third-order valence-corrected chi connectivity index (χ3v) is 6.05. The molecule has 1 amide bonds. The molecule has 4 rings (SSSR count). The second kappa shape index (κ2) is 7.24. The van der Waals surface area contributed by atoms with Gasteiger partial charge in [0.05, 0.1) is 12.7 Å². The predicted octanol–water partition coefficient (Wildman–Crippen LogP) is 2.44. The molecule has 1 saturated heterocycles. The molecule has 4 atom stereocenters. The van der Waals surface area contributed by atoms with Gasteiger partial charge in [-0.1, -0.05) is 36.8 Å². The molecule has 2 saturated carbocycles. The summed E-state index contributed by atoms with van der Waals surface area (Å²) in [4.78, 5) is 14.9. The monoisotopic (exact) mass is 328 g/mol. The molecule has 1 aromatic carbocycles. The van der Waals surface area contributed by atoms with Crippen molar-refractivity contribution < 1.29 is 9.53 Å². The van der Waals surface area contributed by atoms with Crippen molar-refractivity contribution in [1.29, 1.82) is 0 Å². The van der Waals surface area contributed by atoms with Gasteiger partial charge in [-0.15, -0.1) is 0 Å². The lowest BCUT2D eigenvalue weighted by molar-refractivity contribution is -0.127. The average Bonchev–Trinajstić information content (AvgIpc) is 3.24. The van der Waals surface area contributed by atoms with Gasteiger partial charge in [-0.25, -0.2) is 0 Å². The minimum atomic E-state index is 0.116. The highest BCUT2D eigenvalue weighted by Crippen LogP contribution is 2.48. The van der Waals surface area contributed by atoms with E-state index in [1.165, 1.54) is 24.8 Å². The molecule has 130 valence electrons. The van der Waals surface area contributed by atoms with Crippen molar-refractivity contribution in [2.75, 3.05) is 26.2 Å². The lowest BCUT2D eigenvalue weighted by Gasteiger charge is -2.33. The van der Waals surface area contributed by atoms with E-state index < -0.39 is 0 Å². The van der Waals surface area contributed by atoms with E-state index >= 15 is 0 Å². The molecule has 2 aliphatic carbocycles. The summed E-state index contributed by atoms with van der Waals surface area (Å²) in [7, 11) is 0. The number of morpholine rings is 1. The summed E-state index contributed by atoms with van der Waals surface area (Å²) in [5, 5.41) is 3.17. The zero-order valence-corrected chi connectivity index (χ0v) is 14.3. The van der Waals surface area contributed by atoms with Crippen molar-refractivity contribution in [3.05, 3.63) is 35.9 Å². The average molecular weight is 328 g/mol. The van der Waals surface area contributed by atoms with Gasteiger partial charge in [-0.2, -0.15) is 0 Å². The molecule has 24 heavy (non-hydrogen) atoms. The second-order valence-corrected chi connectivity index (χ2v) is 7.74. The van der Waals surface area contributed by atoms with Crippen molar-refractivity contribution in [3.8, 4) is 0 Å². The van der Waals surface area contributed by atoms with Crippen LogP contribution in [0.25, 0.3) is 0 Å². The quantitative estimate of drug-likeness (QED) is 0.903. The molecule has 4 unspecified atom stereocenters. The minimum Gasteiger partial charge on any atom is -0.374 e. The summed E-state index contributed by atoms with van der Waals surface area (Å²) < 4.78 is 5.86. The Bertz CT molecular complexity index is 562. The van der Waals surface area contributed by atoms with Crippen LogP contribution >= 0.6 is 0 Å². The van der Waals surface area contributed by atoms with Crippen molar-refractivity contribution >= 4 is 5.91 Å². The normalized spacial score (nSPS) is 32.8. The molecule has 4 heteroatoms. The summed E-state index contributed by atoms with van der Waals surface area (Å²) >= 11 is 0. The van der Waals surface area contributed by atoms with Gasteiger partial charge in [-0.05, 0) is 36.7 Å². The molecule has 1 N–H and O–H groups in total. The van der Waals surface area contributed by atoms with Gasteiger partial charge in [0.1, 0.15) is 0 Å². The van der Waals surface area contributed by atoms with E-state index in [2.05, 4.69) is 40.5 Å². The number of hydrogen-bond acceptors (Lipinski definition) is 3. The Morgan fingerprint density at radius 1 is 1.21 bits per heavy atom. The number of rotatable bonds is 5. The number of carbonyl (C=O) groups excluding carboxylic acids is 1. The maximum absolute atomic E-state index is 12.5. The third-order valence-electron chi connectivity index (χ3n) is 6.05. The van der Waals surface area contributed by atoms with Gasteiger partial charge < -0.3 is 10.1 Å². The first-order chi connectivity index (χ1) is 11.8. The number of nitrogens with zero attached hydrogens (tertiary/aromatic N) is 1. The third kappa shape index (κ3) is 3.65. The molecule has 0 spiro atoms. The van der Waals surface area contributed by atoms with E-state index in [9.17, 15) is 4.79 Å². The Kier molecular flexibility index (Phi) is 4.86. The van der Waals surface area contributed by atoms with Crippen LogP contribution in [0.1, 0.15) is 31.2 Å². The Labute approximate surface area is 144 Å². The summed E-state index contributed by atoms with van der Waals surface area (Å²) in [6, 6.07) is 10.6. The fourth-order valence-corrected chi connectivity index (χ4v) is 4.80. The van der Waals surface area contributed by atoms with Gasteiger partial charge >= 0.3 is 0 Å². The topological polar surface area (TPSA) is 41.6 Å². The van der Waals surface area contributed by atoms with E-state index in [0.717, 1.165) is 38.6 Å². The van der Waals surface area contributed by atoms with Crippen LogP contribution < -0.4 is 5.32 Å². The van der Waals surface area contributed by atoms with Crippen LogP contribution in [-0.4, -0.2) is 43.2 Å². The Morgan fingerprint density at radius 3 is 2.83 bits per heavy atom. The largest absolute Gasteiger partial charge is 0.374 e. The van der Waals surface area contributed by atoms with E-state index in [1.54, 1.807) is 0 Å². The Balaban J connectivity index is 1.24. The molecule has 1 heterocycles. The molecule has 1 aliphatic heterocycles. The maximum Gasteiger partial charge on any atom is 0.223 e. The summed E-state index contributed by atoms with van der Waals surface area (Å²) in [6.07, 6.45) is 5.11. The number of ether oxygens (including phenoxy) is 1.